The standard InChI is InChI=1S/C23H24N4O2S/c1-15-10-16(2)27(26-15)14-18-5-3-4-17(11-18)13-24-23(29)19-6-7-21-20(12-19)25-22(28)8-9-30-21/h3-7,10-12H,8-9,13-14H2,1-2H3,(H,24,29)(H,25,28). The zero-order valence-electron chi connectivity index (χ0n) is 17.1. The van der Waals surface area contributed by atoms with Gasteiger partial charge >= 0.3 is 0 Å². The van der Waals surface area contributed by atoms with Gasteiger partial charge in [-0.15, -0.1) is 11.8 Å². The van der Waals surface area contributed by atoms with Crippen molar-refractivity contribution in [3.63, 3.8) is 0 Å². The minimum atomic E-state index is -0.162. The smallest absolute Gasteiger partial charge is 0.251 e. The Morgan fingerprint density at radius 2 is 2.00 bits per heavy atom. The van der Waals surface area contributed by atoms with Crippen molar-refractivity contribution >= 4 is 29.3 Å². The third kappa shape index (κ3) is 4.74. The van der Waals surface area contributed by atoms with Crippen molar-refractivity contribution in [2.24, 2.45) is 0 Å². The maximum absolute atomic E-state index is 12.6. The number of aromatic nitrogens is 2. The number of thioether (sulfide) groups is 1. The lowest BCUT2D eigenvalue weighted by Gasteiger charge is -2.11. The zero-order valence-corrected chi connectivity index (χ0v) is 17.9. The average molecular weight is 421 g/mol. The highest BCUT2D eigenvalue weighted by Crippen LogP contribution is 2.31. The van der Waals surface area contributed by atoms with E-state index in [2.05, 4.69) is 33.9 Å². The van der Waals surface area contributed by atoms with E-state index in [-0.39, 0.29) is 11.8 Å². The van der Waals surface area contributed by atoms with Gasteiger partial charge in [0.1, 0.15) is 0 Å². The molecule has 0 saturated heterocycles. The van der Waals surface area contributed by atoms with Gasteiger partial charge in [0.2, 0.25) is 5.91 Å². The van der Waals surface area contributed by atoms with Crippen LogP contribution in [-0.2, 0) is 17.9 Å². The van der Waals surface area contributed by atoms with E-state index in [0.717, 1.165) is 33.2 Å². The third-order valence-corrected chi connectivity index (χ3v) is 6.06. The summed E-state index contributed by atoms with van der Waals surface area (Å²) in [5.41, 5.74) is 5.54. The molecule has 6 nitrogen and oxygen atoms in total. The number of anilines is 1. The molecule has 0 fully saturated rings. The summed E-state index contributed by atoms with van der Waals surface area (Å²) in [5, 5.41) is 10.4. The lowest BCUT2D eigenvalue weighted by Crippen LogP contribution is -2.23. The van der Waals surface area contributed by atoms with E-state index in [1.807, 2.05) is 36.7 Å². The molecular formula is C23H24N4O2S. The van der Waals surface area contributed by atoms with Crippen LogP contribution in [-0.4, -0.2) is 27.3 Å². The van der Waals surface area contributed by atoms with E-state index in [9.17, 15) is 9.59 Å². The molecular weight excluding hydrogens is 396 g/mol. The second kappa shape index (κ2) is 8.75. The molecule has 4 rings (SSSR count). The van der Waals surface area contributed by atoms with Crippen LogP contribution in [0.5, 0.6) is 0 Å². The Kier molecular flexibility index (Phi) is 5.90. The SMILES string of the molecule is Cc1cc(C)n(Cc2cccc(CNC(=O)c3ccc4c(c3)NC(=O)CCS4)c2)n1. The number of carbonyl (C=O) groups is 2. The Labute approximate surface area is 180 Å². The van der Waals surface area contributed by atoms with E-state index >= 15 is 0 Å². The van der Waals surface area contributed by atoms with E-state index in [0.29, 0.717) is 30.8 Å². The van der Waals surface area contributed by atoms with Crippen molar-refractivity contribution in [1.29, 1.82) is 0 Å². The molecule has 0 saturated carbocycles. The molecule has 2 heterocycles. The van der Waals surface area contributed by atoms with Gasteiger partial charge in [-0.2, -0.15) is 5.10 Å². The van der Waals surface area contributed by atoms with Crippen molar-refractivity contribution in [3.8, 4) is 0 Å². The Morgan fingerprint density at radius 3 is 2.80 bits per heavy atom. The van der Waals surface area contributed by atoms with Gasteiger partial charge in [0.05, 0.1) is 17.9 Å². The molecule has 0 unspecified atom stereocenters. The van der Waals surface area contributed by atoms with Gasteiger partial charge in [-0.25, -0.2) is 0 Å². The predicted octanol–water partition coefficient (Wildman–Crippen LogP) is 3.91. The van der Waals surface area contributed by atoms with Crippen LogP contribution in [0, 0.1) is 13.8 Å². The minimum absolute atomic E-state index is 0.0155. The van der Waals surface area contributed by atoms with Crippen LogP contribution in [0.2, 0.25) is 0 Å². The first-order valence-corrected chi connectivity index (χ1v) is 10.9. The lowest BCUT2D eigenvalue weighted by atomic mass is 10.1. The van der Waals surface area contributed by atoms with Gasteiger partial charge < -0.3 is 10.6 Å². The molecule has 0 radical (unpaired) electrons. The summed E-state index contributed by atoms with van der Waals surface area (Å²) in [6.45, 7) is 5.17. The van der Waals surface area contributed by atoms with Gasteiger partial charge in [-0.3, -0.25) is 14.3 Å². The number of hydrogen-bond acceptors (Lipinski definition) is 4. The second-order valence-electron chi connectivity index (χ2n) is 7.44. The molecule has 2 N–H and O–H groups in total. The fourth-order valence-corrected chi connectivity index (χ4v) is 4.43. The van der Waals surface area contributed by atoms with Crippen LogP contribution in [0.4, 0.5) is 5.69 Å². The molecule has 7 heteroatoms. The summed E-state index contributed by atoms with van der Waals surface area (Å²) >= 11 is 1.63. The summed E-state index contributed by atoms with van der Waals surface area (Å²) in [6, 6.07) is 15.7. The second-order valence-corrected chi connectivity index (χ2v) is 8.58. The van der Waals surface area contributed by atoms with E-state index < -0.39 is 0 Å². The van der Waals surface area contributed by atoms with Gasteiger partial charge in [0, 0.05) is 34.9 Å². The maximum atomic E-state index is 12.6. The highest BCUT2D eigenvalue weighted by atomic mass is 32.2. The molecule has 0 aliphatic carbocycles. The molecule has 1 aromatic heterocycles. The van der Waals surface area contributed by atoms with Crippen LogP contribution >= 0.6 is 11.8 Å². The highest BCUT2D eigenvalue weighted by molar-refractivity contribution is 7.99. The fourth-order valence-electron chi connectivity index (χ4n) is 3.49. The van der Waals surface area contributed by atoms with E-state index in [1.165, 1.54) is 0 Å². The Morgan fingerprint density at radius 1 is 1.17 bits per heavy atom. The van der Waals surface area contributed by atoms with Crippen LogP contribution in [0.1, 0.15) is 39.3 Å². The first-order chi connectivity index (χ1) is 14.5. The summed E-state index contributed by atoms with van der Waals surface area (Å²) in [4.78, 5) is 25.4. The quantitative estimate of drug-likeness (QED) is 0.656. The Balaban J connectivity index is 1.42. The van der Waals surface area contributed by atoms with Gasteiger partial charge in [-0.1, -0.05) is 24.3 Å². The molecule has 3 aromatic rings. The summed E-state index contributed by atoms with van der Waals surface area (Å²) < 4.78 is 1.98. The number of fused-ring (bicyclic) bond motifs is 1. The monoisotopic (exact) mass is 420 g/mol. The number of nitrogens with zero attached hydrogens (tertiary/aromatic N) is 2. The Hall–Kier alpha value is -3.06. The number of hydrogen-bond donors (Lipinski definition) is 2. The fraction of sp³-hybridized carbons (Fsp3) is 0.261. The minimum Gasteiger partial charge on any atom is -0.348 e. The molecule has 154 valence electrons. The lowest BCUT2D eigenvalue weighted by molar-refractivity contribution is -0.115. The number of nitrogens with one attached hydrogen (secondary N) is 2. The Bertz CT molecular complexity index is 1110. The van der Waals surface area contributed by atoms with Gasteiger partial charge in [0.15, 0.2) is 0 Å². The molecule has 1 aliphatic heterocycles. The molecule has 0 atom stereocenters. The van der Waals surface area contributed by atoms with Gasteiger partial charge in [-0.05, 0) is 49.2 Å². The highest BCUT2D eigenvalue weighted by Gasteiger charge is 2.15. The van der Waals surface area contributed by atoms with Crippen molar-refractivity contribution in [3.05, 3.63) is 76.6 Å². The van der Waals surface area contributed by atoms with Crippen molar-refractivity contribution < 1.29 is 9.59 Å². The van der Waals surface area contributed by atoms with Crippen molar-refractivity contribution in [1.82, 2.24) is 15.1 Å². The number of amides is 2. The van der Waals surface area contributed by atoms with Gasteiger partial charge in [0.25, 0.3) is 5.91 Å². The summed E-state index contributed by atoms with van der Waals surface area (Å²) in [5.74, 6) is 0.571. The summed E-state index contributed by atoms with van der Waals surface area (Å²) in [7, 11) is 0. The molecule has 2 aromatic carbocycles. The van der Waals surface area contributed by atoms with E-state index in [4.69, 9.17) is 0 Å². The number of rotatable bonds is 5. The summed E-state index contributed by atoms with van der Waals surface area (Å²) in [6.07, 6.45) is 0.481. The number of benzene rings is 2. The largest absolute Gasteiger partial charge is 0.348 e. The zero-order chi connectivity index (χ0) is 21.1. The average Bonchev–Trinajstić information content (AvgIpc) is 2.92. The molecule has 2 amide bonds. The normalized spacial score (nSPS) is 13.3. The number of carbonyl (C=O) groups excluding carboxylic acids is 2. The number of aryl methyl sites for hydroxylation is 2. The maximum Gasteiger partial charge on any atom is 0.251 e. The first-order valence-electron chi connectivity index (χ1n) is 9.92. The molecule has 0 bridgehead atoms. The third-order valence-electron chi connectivity index (χ3n) is 4.98. The van der Waals surface area contributed by atoms with Crippen LogP contribution in [0.15, 0.2) is 53.4 Å². The van der Waals surface area contributed by atoms with Crippen LogP contribution < -0.4 is 10.6 Å². The van der Waals surface area contributed by atoms with Crippen molar-refractivity contribution in [2.75, 3.05) is 11.1 Å². The van der Waals surface area contributed by atoms with Crippen LogP contribution in [0.3, 0.4) is 0 Å². The topological polar surface area (TPSA) is 76.0 Å². The first kappa shape index (κ1) is 20.2. The molecule has 30 heavy (non-hydrogen) atoms. The van der Waals surface area contributed by atoms with Crippen molar-refractivity contribution in [2.45, 2.75) is 38.3 Å². The van der Waals surface area contributed by atoms with E-state index in [1.54, 1.807) is 23.9 Å². The predicted molar refractivity (Wildman–Crippen MR) is 119 cm³/mol. The van der Waals surface area contributed by atoms with Crippen LogP contribution in [0.25, 0.3) is 0 Å². The molecule has 1 aliphatic rings. The molecule has 0 spiro atoms.